The molecule has 2 rings (SSSR count). The Hall–Kier alpha value is -0.0800. The van der Waals surface area contributed by atoms with Gasteiger partial charge in [0.05, 0.1) is 6.10 Å². The molecule has 0 spiro atoms. The van der Waals surface area contributed by atoms with Crippen LogP contribution in [-0.2, 0) is 4.74 Å². The highest BCUT2D eigenvalue weighted by molar-refractivity contribution is 4.94. The van der Waals surface area contributed by atoms with E-state index in [-0.39, 0.29) is 0 Å². The van der Waals surface area contributed by atoms with Crippen molar-refractivity contribution >= 4 is 0 Å². The summed E-state index contributed by atoms with van der Waals surface area (Å²) in [5, 5.41) is 0. The van der Waals surface area contributed by atoms with Crippen molar-refractivity contribution in [3.05, 3.63) is 0 Å². The fourth-order valence-corrected chi connectivity index (χ4v) is 3.30. The molecular weight excluding hydrogens is 174 g/mol. The Balaban J connectivity index is 2.02. The summed E-state index contributed by atoms with van der Waals surface area (Å²) in [6.45, 7) is 5.94. The van der Waals surface area contributed by atoms with Crippen molar-refractivity contribution in [2.45, 2.75) is 57.7 Å². The smallest absolute Gasteiger partial charge is 0.0589 e. The average Bonchev–Trinajstić information content (AvgIpc) is 2.59. The predicted molar refractivity (Wildman–Crippen MR) is 58.4 cm³/mol. The highest BCUT2D eigenvalue weighted by Crippen LogP contribution is 2.38. The van der Waals surface area contributed by atoms with Crippen LogP contribution >= 0.6 is 0 Å². The maximum absolute atomic E-state index is 5.50. The van der Waals surface area contributed by atoms with Gasteiger partial charge in [0.2, 0.25) is 0 Å². The topological polar surface area (TPSA) is 12.5 Å². The molecule has 82 valence electrons. The molecular formula is C12H23NO. The van der Waals surface area contributed by atoms with Crippen LogP contribution in [-0.4, -0.2) is 36.7 Å². The lowest BCUT2D eigenvalue weighted by Gasteiger charge is -2.40. The van der Waals surface area contributed by atoms with E-state index in [2.05, 4.69) is 18.7 Å². The molecule has 0 radical (unpaired) electrons. The van der Waals surface area contributed by atoms with E-state index in [4.69, 9.17) is 4.74 Å². The molecule has 1 saturated carbocycles. The third kappa shape index (κ3) is 1.82. The first kappa shape index (κ1) is 10.4. The molecule has 1 heterocycles. The summed E-state index contributed by atoms with van der Waals surface area (Å²) < 4.78 is 5.50. The number of hydrogen-bond acceptors (Lipinski definition) is 2. The Labute approximate surface area is 87.6 Å². The van der Waals surface area contributed by atoms with Gasteiger partial charge >= 0.3 is 0 Å². The van der Waals surface area contributed by atoms with E-state index in [1.807, 2.05) is 7.11 Å². The van der Waals surface area contributed by atoms with E-state index >= 15 is 0 Å². The fraction of sp³-hybridized carbons (Fsp3) is 1.00. The highest BCUT2D eigenvalue weighted by Gasteiger charge is 2.40. The Morgan fingerprint density at radius 1 is 1.29 bits per heavy atom. The maximum atomic E-state index is 5.50. The number of ether oxygens (including phenoxy) is 1. The fourth-order valence-electron chi connectivity index (χ4n) is 3.30. The number of fused-ring (bicyclic) bond motifs is 1. The van der Waals surface area contributed by atoms with Crippen molar-refractivity contribution in [1.29, 1.82) is 0 Å². The van der Waals surface area contributed by atoms with E-state index in [9.17, 15) is 0 Å². The lowest BCUT2D eigenvalue weighted by Crippen LogP contribution is -2.46. The standard InChI is InChI=1S/C12H23NO/c1-9(2)13-6-4-5-10-7-11(14-3)8-12(10)13/h9-12H,4-8H2,1-3H3. The van der Waals surface area contributed by atoms with Crippen LogP contribution in [0.1, 0.15) is 39.5 Å². The van der Waals surface area contributed by atoms with Crippen LogP contribution in [0.15, 0.2) is 0 Å². The van der Waals surface area contributed by atoms with Gasteiger partial charge < -0.3 is 4.74 Å². The van der Waals surface area contributed by atoms with Gasteiger partial charge in [-0.25, -0.2) is 0 Å². The van der Waals surface area contributed by atoms with Crippen LogP contribution in [0, 0.1) is 5.92 Å². The summed E-state index contributed by atoms with van der Waals surface area (Å²) >= 11 is 0. The van der Waals surface area contributed by atoms with Gasteiger partial charge in [-0.1, -0.05) is 0 Å². The second-order valence-electron chi connectivity index (χ2n) is 5.13. The third-order valence-electron chi connectivity index (χ3n) is 4.03. The Morgan fingerprint density at radius 3 is 2.71 bits per heavy atom. The Kier molecular flexibility index (Phi) is 3.13. The predicted octanol–water partition coefficient (Wildman–Crippen LogP) is 2.28. The molecule has 0 aromatic heterocycles. The van der Waals surface area contributed by atoms with E-state index in [1.165, 1.54) is 32.2 Å². The molecule has 2 fully saturated rings. The first-order valence-electron chi connectivity index (χ1n) is 6.01. The van der Waals surface area contributed by atoms with Crippen molar-refractivity contribution in [3.63, 3.8) is 0 Å². The monoisotopic (exact) mass is 197 g/mol. The molecule has 1 aliphatic heterocycles. The van der Waals surface area contributed by atoms with Crippen LogP contribution in [0.3, 0.4) is 0 Å². The van der Waals surface area contributed by atoms with Gasteiger partial charge in [0, 0.05) is 19.2 Å². The molecule has 3 atom stereocenters. The van der Waals surface area contributed by atoms with Crippen LogP contribution in [0.25, 0.3) is 0 Å². The first-order chi connectivity index (χ1) is 6.72. The van der Waals surface area contributed by atoms with Gasteiger partial charge in [-0.3, -0.25) is 4.90 Å². The zero-order valence-electron chi connectivity index (χ0n) is 9.70. The van der Waals surface area contributed by atoms with E-state index in [1.54, 1.807) is 0 Å². The summed E-state index contributed by atoms with van der Waals surface area (Å²) in [5.74, 6) is 0.913. The average molecular weight is 197 g/mol. The summed E-state index contributed by atoms with van der Waals surface area (Å²) in [6, 6.07) is 1.52. The highest BCUT2D eigenvalue weighted by atomic mass is 16.5. The lowest BCUT2D eigenvalue weighted by molar-refractivity contribution is 0.0744. The normalized spacial score (nSPS) is 39.0. The second-order valence-corrected chi connectivity index (χ2v) is 5.13. The van der Waals surface area contributed by atoms with Crippen molar-refractivity contribution in [3.8, 4) is 0 Å². The Bertz CT molecular complexity index is 193. The minimum atomic E-state index is 0.532. The van der Waals surface area contributed by atoms with Crippen molar-refractivity contribution in [1.82, 2.24) is 4.90 Å². The van der Waals surface area contributed by atoms with Gasteiger partial charge in [0.1, 0.15) is 0 Å². The molecule has 3 unspecified atom stereocenters. The molecule has 1 saturated heterocycles. The summed E-state index contributed by atoms with van der Waals surface area (Å²) in [6.07, 6.45) is 5.90. The number of piperidine rings is 1. The first-order valence-corrected chi connectivity index (χ1v) is 6.01. The van der Waals surface area contributed by atoms with Gasteiger partial charge in [-0.2, -0.15) is 0 Å². The van der Waals surface area contributed by atoms with Gasteiger partial charge in [0.15, 0.2) is 0 Å². The summed E-state index contributed by atoms with van der Waals surface area (Å²) in [4.78, 5) is 2.69. The largest absolute Gasteiger partial charge is 0.381 e. The third-order valence-corrected chi connectivity index (χ3v) is 4.03. The van der Waals surface area contributed by atoms with Crippen LogP contribution in [0.5, 0.6) is 0 Å². The maximum Gasteiger partial charge on any atom is 0.0589 e. The van der Waals surface area contributed by atoms with Crippen molar-refractivity contribution in [2.75, 3.05) is 13.7 Å². The molecule has 0 amide bonds. The molecule has 2 aliphatic rings. The van der Waals surface area contributed by atoms with Crippen molar-refractivity contribution in [2.24, 2.45) is 5.92 Å². The number of hydrogen-bond donors (Lipinski definition) is 0. The molecule has 14 heavy (non-hydrogen) atoms. The molecule has 0 aromatic rings. The molecule has 0 bridgehead atoms. The van der Waals surface area contributed by atoms with Crippen molar-refractivity contribution < 1.29 is 4.74 Å². The molecule has 1 aliphatic carbocycles. The van der Waals surface area contributed by atoms with Crippen LogP contribution in [0.4, 0.5) is 0 Å². The molecule has 2 nitrogen and oxygen atoms in total. The number of methoxy groups -OCH3 is 1. The van der Waals surface area contributed by atoms with Gasteiger partial charge in [-0.15, -0.1) is 0 Å². The SMILES string of the molecule is COC1CC2CCCN(C(C)C)C2C1. The number of rotatable bonds is 2. The number of nitrogens with zero attached hydrogens (tertiary/aromatic N) is 1. The van der Waals surface area contributed by atoms with Gasteiger partial charge in [0.25, 0.3) is 0 Å². The second kappa shape index (κ2) is 4.19. The molecule has 0 N–H and O–H groups in total. The Morgan fingerprint density at radius 2 is 2.07 bits per heavy atom. The molecule has 0 aromatic carbocycles. The zero-order valence-corrected chi connectivity index (χ0v) is 9.70. The minimum absolute atomic E-state index is 0.532. The summed E-state index contributed by atoms with van der Waals surface area (Å²) in [7, 11) is 1.86. The van der Waals surface area contributed by atoms with Gasteiger partial charge in [-0.05, 0) is 52.0 Å². The quantitative estimate of drug-likeness (QED) is 0.673. The zero-order chi connectivity index (χ0) is 10.1. The number of likely N-dealkylation sites (tertiary alicyclic amines) is 1. The van der Waals surface area contributed by atoms with E-state index < -0.39 is 0 Å². The minimum Gasteiger partial charge on any atom is -0.381 e. The molecule has 2 heteroatoms. The van der Waals surface area contributed by atoms with E-state index in [0.29, 0.717) is 12.1 Å². The van der Waals surface area contributed by atoms with Crippen LogP contribution in [0.2, 0.25) is 0 Å². The van der Waals surface area contributed by atoms with Crippen LogP contribution < -0.4 is 0 Å². The van der Waals surface area contributed by atoms with E-state index in [0.717, 1.165) is 12.0 Å². The summed E-state index contributed by atoms with van der Waals surface area (Å²) in [5.41, 5.74) is 0. The lowest BCUT2D eigenvalue weighted by atomic mass is 9.91.